The number of nitrogens with zero attached hydrogens (tertiary/aromatic N) is 4. The molecule has 30 heavy (non-hydrogen) atoms. The number of hydrogen-bond acceptors (Lipinski definition) is 7. The second-order valence-electron chi connectivity index (χ2n) is 6.82. The molecule has 3 atom stereocenters. The number of rotatable bonds is 8. The molecule has 2 rings (SSSR count). The third-order valence-corrected chi connectivity index (χ3v) is 4.58. The number of aryl methyl sites for hydroxylation is 2. The van der Waals surface area contributed by atoms with Crippen LogP contribution in [-0.4, -0.2) is 83.2 Å². The summed E-state index contributed by atoms with van der Waals surface area (Å²) in [6, 6.07) is -2.11. The van der Waals surface area contributed by atoms with E-state index in [0.717, 1.165) is 5.56 Å². The van der Waals surface area contributed by atoms with Crippen LogP contribution in [0.25, 0.3) is 0 Å². The summed E-state index contributed by atoms with van der Waals surface area (Å²) in [4.78, 5) is 42.7. The second kappa shape index (κ2) is 10.4. The molecule has 0 saturated carbocycles. The summed E-state index contributed by atoms with van der Waals surface area (Å²) >= 11 is 0. The summed E-state index contributed by atoms with van der Waals surface area (Å²) in [6.45, 7) is 5.43. The minimum absolute atomic E-state index is 0.0839. The fourth-order valence-corrected chi connectivity index (χ4v) is 2.63. The number of likely N-dealkylation sites (N-methyl/N-ethyl adjacent to an activating group) is 1. The highest BCUT2D eigenvalue weighted by Crippen LogP contribution is 2.18. The van der Waals surface area contributed by atoms with Gasteiger partial charge in [0.1, 0.15) is 0 Å². The van der Waals surface area contributed by atoms with Crippen molar-refractivity contribution in [2.75, 3.05) is 7.05 Å². The number of aliphatic carboxylic acids is 4. The number of carbonyl (C=O) groups is 4. The van der Waals surface area contributed by atoms with E-state index in [9.17, 15) is 19.2 Å². The first-order valence-electron chi connectivity index (χ1n) is 8.96. The summed E-state index contributed by atoms with van der Waals surface area (Å²) in [6.07, 6.45) is 4.06. The van der Waals surface area contributed by atoms with Gasteiger partial charge >= 0.3 is 23.9 Å². The van der Waals surface area contributed by atoms with Gasteiger partial charge in [-0.2, -0.15) is 5.10 Å². The molecule has 166 valence electrons. The maximum Gasteiger partial charge on any atom is 0.329 e. The topological polar surface area (TPSA) is 174 Å². The monoisotopic (exact) mass is 426 g/mol. The molecule has 2 heterocycles. The third kappa shape index (κ3) is 6.58. The largest absolute Gasteiger partial charge is 0.481 e. The summed E-state index contributed by atoms with van der Waals surface area (Å²) < 4.78 is 1.18. The molecule has 0 aromatic carbocycles. The Kier molecular flexibility index (Phi) is 8.53. The molecule has 0 radical (unpaired) electrons. The Bertz CT molecular complexity index is 815. The molecule has 1 aromatic rings. The van der Waals surface area contributed by atoms with E-state index in [1.807, 2.05) is 13.0 Å². The van der Waals surface area contributed by atoms with Crippen LogP contribution in [0.2, 0.25) is 0 Å². The number of aromatic nitrogens is 2. The Hall–Kier alpha value is -3.41. The highest BCUT2D eigenvalue weighted by molar-refractivity contribution is 5.80. The van der Waals surface area contributed by atoms with E-state index in [-0.39, 0.29) is 6.04 Å². The number of hydrogen-bond donors (Lipinski definition) is 4. The summed E-state index contributed by atoms with van der Waals surface area (Å²) in [5.41, 5.74) is 1.54. The van der Waals surface area contributed by atoms with Crippen LogP contribution in [0, 0.1) is 13.8 Å². The lowest BCUT2D eigenvalue weighted by Crippen LogP contribution is -2.47. The van der Waals surface area contributed by atoms with Gasteiger partial charge in [0, 0.05) is 25.5 Å². The molecule has 12 nitrogen and oxygen atoms in total. The van der Waals surface area contributed by atoms with Crippen LogP contribution in [0.4, 0.5) is 0 Å². The van der Waals surface area contributed by atoms with Crippen LogP contribution in [0.5, 0.6) is 0 Å². The zero-order chi connectivity index (χ0) is 23.2. The highest BCUT2D eigenvalue weighted by Gasteiger charge is 2.32. The van der Waals surface area contributed by atoms with E-state index >= 15 is 0 Å². The molecule has 0 amide bonds. The van der Waals surface area contributed by atoms with Crippen LogP contribution in [-0.2, 0) is 19.2 Å². The molecule has 1 aliphatic heterocycles. The molecule has 1 aromatic heterocycles. The minimum Gasteiger partial charge on any atom is -0.481 e. The van der Waals surface area contributed by atoms with Crippen molar-refractivity contribution in [1.82, 2.24) is 19.8 Å². The number of carboxylic acid groups (broad SMARTS) is 4. The molecule has 3 unspecified atom stereocenters. The lowest BCUT2D eigenvalue weighted by molar-refractivity contribution is -0.154. The lowest BCUT2D eigenvalue weighted by atomic mass is 10.2. The SMILES string of the molecule is CC1C=CN(C(CC(=O)O)C(=O)O)N1C.Cc1cn(C(CC(=O)O)C(=O)O)nc1C. The quantitative estimate of drug-likeness (QED) is 0.458. The Morgan fingerprint density at radius 3 is 1.83 bits per heavy atom. The van der Waals surface area contributed by atoms with Gasteiger partial charge in [0.05, 0.1) is 18.5 Å². The van der Waals surface area contributed by atoms with E-state index in [2.05, 4.69) is 5.10 Å². The first-order valence-corrected chi connectivity index (χ1v) is 8.96. The molecular weight excluding hydrogens is 400 g/mol. The zero-order valence-corrected chi connectivity index (χ0v) is 17.1. The number of carboxylic acids is 4. The van der Waals surface area contributed by atoms with Gasteiger partial charge in [0.25, 0.3) is 0 Å². The van der Waals surface area contributed by atoms with E-state index < -0.39 is 48.8 Å². The Morgan fingerprint density at radius 2 is 1.50 bits per heavy atom. The van der Waals surface area contributed by atoms with Gasteiger partial charge in [-0.05, 0) is 32.4 Å². The lowest BCUT2D eigenvalue weighted by Gasteiger charge is -2.32. The zero-order valence-electron chi connectivity index (χ0n) is 17.1. The molecule has 12 heteroatoms. The van der Waals surface area contributed by atoms with Crippen LogP contribution in [0.1, 0.15) is 37.1 Å². The van der Waals surface area contributed by atoms with Crippen LogP contribution >= 0.6 is 0 Å². The Morgan fingerprint density at radius 1 is 1.00 bits per heavy atom. The van der Waals surface area contributed by atoms with Crippen molar-refractivity contribution in [2.24, 2.45) is 0 Å². The van der Waals surface area contributed by atoms with Gasteiger partial charge in [0.15, 0.2) is 12.1 Å². The van der Waals surface area contributed by atoms with Gasteiger partial charge in [-0.3, -0.25) is 19.3 Å². The van der Waals surface area contributed by atoms with E-state index in [4.69, 9.17) is 20.4 Å². The molecular formula is C18H26N4O8. The van der Waals surface area contributed by atoms with E-state index in [1.54, 1.807) is 32.1 Å². The van der Waals surface area contributed by atoms with Crippen molar-refractivity contribution in [3.8, 4) is 0 Å². The van der Waals surface area contributed by atoms with Gasteiger partial charge in [-0.15, -0.1) is 0 Å². The third-order valence-electron chi connectivity index (χ3n) is 4.58. The standard InChI is InChI=1S/C9H12N2O4.C9H14N2O4/c1-5-4-11(10-6(5)2)7(9(14)15)3-8(12)13;1-6-3-4-11(10(6)2)7(9(14)15)5-8(12)13/h4,7H,3H2,1-2H3,(H,12,13)(H,14,15);3-4,6-7H,5H2,1-2H3,(H,12,13)(H,14,15). The molecule has 0 aliphatic carbocycles. The van der Waals surface area contributed by atoms with Gasteiger partial charge in [-0.25, -0.2) is 14.6 Å². The summed E-state index contributed by atoms with van der Waals surface area (Å²) in [7, 11) is 1.72. The van der Waals surface area contributed by atoms with Gasteiger partial charge < -0.3 is 20.4 Å². The van der Waals surface area contributed by atoms with Gasteiger partial charge in [-0.1, -0.05) is 0 Å². The van der Waals surface area contributed by atoms with Crippen molar-refractivity contribution in [3.05, 3.63) is 29.7 Å². The summed E-state index contributed by atoms with van der Waals surface area (Å²) in [5, 5.41) is 42.0. The minimum atomic E-state index is -1.19. The van der Waals surface area contributed by atoms with Crippen LogP contribution in [0.3, 0.4) is 0 Å². The van der Waals surface area contributed by atoms with Crippen molar-refractivity contribution in [3.63, 3.8) is 0 Å². The smallest absolute Gasteiger partial charge is 0.329 e. The highest BCUT2D eigenvalue weighted by atomic mass is 16.4. The maximum absolute atomic E-state index is 10.9. The Balaban J connectivity index is 0.000000300. The van der Waals surface area contributed by atoms with Crippen molar-refractivity contribution in [1.29, 1.82) is 0 Å². The van der Waals surface area contributed by atoms with Crippen molar-refractivity contribution >= 4 is 23.9 Å². The molecule has 0 saturated heterocycles. The van der Waals surface area contributed by atoms with Crippen molar-refractivity contribution < 1.29 is 39.6 Å². The van der Waals surface area contributed by atoms with Crippen molar-refractivity contribution in [2.45, 2.75) is 51.7 Å². The first-order chi connectivity index (χ1) is 13.8. The van der Waals surface area contributed by atoms with E-state index in [1.165, 1.54) is 15.9 Å². The molecule has 4 N–H and O–H groups in total. The fourth-order valence-electron chi connectivity index (χ4n) is 2.63. The molecule has 0 spiro atoms. The fraction of sp³-hybridized carbons (Fsp3) is 0.500. The first kappa shape index (κ1) is 24.6. The van der Waals surface area contributed by atoms with Crippen LogP contribution in [0.15, 0.2) is 18.5 Å². The second-order valence-corrected chi connectivity index (χ2v) is 6.82. The Labute approximate surface area is 172 Å². The summed E-state index contributed by atoms with van der Waals surface area (Å²) in [5.74, 6) is -4.61. The predicted molar refractivity (Wildman–Crippen MR) is 103 cm³/mol. The van der Waals surface area contributed by atoms with Gasteiger partial charge in [0.2, 0.25) is 0 Å². The maximum atomic E-state index is 10.9. The predicted octanol–water partition coefficient (Wildman–Crippen LogP) is 0.579. The number of hydrazine groups is 1. The molecule has 0 bridgehead atoms. The normalized spacial score (nSPS) is 17.7. The average molecular weight is 426 g/mol. The van der Waals surface area contributed by atoms with E-state index in [0.29, 0.717) is 5.69 Å². The van der Waals surface area contributed by atoms with Crippen LogP contribution < -0.4 is 0 Å². The average Bonchev–Trinajstić information content (AvgIpc) is 3.13. The molecule has 0 fully saturated rings. The molecule has 1 aliphatic rings.